The number of likely N-dealkylation sites (tertiary alicyclic amines) is 1. The number of carbonyl (C=O) groups excluding carboxylic acids is 1. The average Bonchev–Trinajstić information content (AvgIpc) is 2.92. The maximum Gasteiger partial charge on any atom is 0.293 e. The lowest BCUT2D eigenvalue weighted by molar-refractivity contribution is -0.598. The monoisotopic (exact) mass is 391 g/mol. The Morgan fingerprint density at radius 3 is 2.68 bits per heavy atom. The normalized spacial score (nSPS) is 33.3. The third kappa shape index (κ3) is 2.89. The summed E-state index contributed by atoms with van der Waals surface area (Å²) in [5.74, 6) is -1.49. The first-order valence-corrected chi connectivity index (χ1v) is 9.59. The number of para-hydroxylation sites is 1. The minimum atomic E-state index is -1.75. The van der Waals surface area contributed by atoms with Gasteiger partial charge in [-0.25, -0.2) is 0 Å². The van der Waals surface area contributed by atoms with Gasteiger partial charge in [0.15, 0.2) is 0 Å². The molecule has 1 spiro atoms. The number of anilines is 1. The van der Waals surface area contributed by atoms with E-state index in [-0.39, 0.29) is 5.91 Å². The zero-order chi connectivity index (χ0) is 19.9. The van der Waals surface area contributed by atoms with Crippen molar-refractivity contribution in [3.8, 4) is 0 Å². The number of rotatable bonds is 4. The Labute approximate surface area is 163 Å². The SMILES string of the molecule is CC1CCCN(CN2C(=O)C3(OCC(CO)([N+](=O)[O-])CO3)c3ccccc32)C1. The van der Waals surface area contributed by atoms with Crippen molar-refractivity contribution in [2.45, 2.75) is 31.1 Å². The molecule has 2 saturated heterocycles. The van der Waals surface area contributed by atoms with Gasteiger partial charge in [0, 0.05) is 17.0 Å². The van der Waals surface area contributed by atoms with Gasteiger partial charge in [0.2, 0.25) is 0 Å². The number of aliphatic hydroxyl groups excluding tert-OH is 1. The van der Waals surface area contributed by atoms with Crippen LogP contribution in [0.3, 0.4) is 0 Å². The predicted octanol–water partition coefficient (Wildman–Crippen LogP) is 0.930. The molecule has 3 heterocycles. The number of nitro groups is 1. The minimum Gasteiger partial charge on any atom is -0.389 e. The summed E-state index contributed by atoms with van der Waals surface area (Å²) in [6.45, 7) is 2.94. The zero-order valence-electron chi connectivity index (χ0n) is 15.9. The van der Waals surface area contributed by atoms with Crippen LogP contribution in [0.1, 0.15) is 25.3 Å². The molecule has 2 fully saturated rings. The molecule has 0 saturated carbocycles. The number of piperidine rings is 1. The Morgan fingerprint density at radius 1 is 1.32 bits per heavy atom. The number of fused-ring (bicyclic) bond motifs is 2. The van der Waals surface area contributed by atoms with Crippen LogP contribution >= 0.6 is 0 Å². The molecule has 3 aliphatic rings. The van der Waals surface area contributed by atoms with Gasteiger partial charge in [-0.1, -0.05) is 25.1 Å². The highest BCUT2D eigenvalue weighted by Crippen LogP contribution is 2.46. The lowest BCUT2D eigenvalue weighted by atomic mass is 10.00. The fraction of sp³-hybridized carbons (Fsp3) is 0.632. The number of benzene rings is 1. The molecule has 1 aromatic carbocycles. The Balaban J connectivity index is 1.62. The van der Waals surface area contributed by atoms with Gasteiger partial charge in [-0.3, -0.25) is 24.7 Å². The molecule has 1 N–H and O–H groups in total. The summed E-state index contributed by atoms with van der Waals surface area (Å²) in [6.07, 6.45) is 2.27. The van der Waals surface area contributed by atoms with Gasteiger partial charge in [0.25, 0.3) is 17.2 Å². The summed E-state index contributed by atoms with van der Waals surface area (Å²) in [5, 5.41) is 20.9. The Hall–Kier alpha value is -2.07. The van der Waals surface area contributed by atoms with E-state index in [9.17, 15) is 20.0 Å². The summed E-state index contributed by atoms with van der Waals surface area (Å²) < 4.78 is 11.5. The maximum atomic E-state index is 13.4. The number of ether oxygens (including phenoxy) is 2. The summed E-state index contributed by atoms with van der Waals surface area (Å²) in [5.41, 5.74) is -0.501. The molecule has 0 aromatic heterocycles. The van der Waals surface area contributed by atoms with Crippen molar-refractivity contribution in [1.82, 2.24) is 4.90 Å². The molecule has 28 heavy (non-hydrogen) atoms. The first kappa shape index (κ1) is 19.3. The van der Waals surface area contributed by atoms with Crippen molar-refractivity contribution >= 4 is 11.6 Å². The first-order chi connectivity index (χ1) is 13.4. The standard InChI is InChI=1S/C19H25N3O6/c1-14-5-4-8-20(9-14)13-21-16-7-3-2-6-15(16)19(17(21)24)27-11-18(10-23,12-28-19)22(25)26/h2-3,6-7,14,23H,4-5,8-13H2,1H3. The van der Waals surface area contributed by atoms with Crippen molar-refractivity contribution in [3.05, 3.63) is 39.9 Å². The number of hydrogen-bond donors (Lipinski definition) is 1. The van der Waals surface area contributed by atoms with Crippen molar-refractivity contribution in [3.63, 3.8) is 0 Å². The van der Waals surface area contributed by atoms with E-state index >= 15 is 0 Å². The fourth-order valence-electron chi connectivity index (χ4n) is 4.23. The summed E-state index contributed by atoms with van der Waals surface area (Å²) in [7, 11) is 0. The zero-order valence-corrected chi connectivity index (χ0v) is 15.9. The summed E-state index contributed by atoms with van der Waals surface area (Å²) >= 11 is 0. The minimum absolute atomic E-state index is 0.373. The molecule has 9 nitrogen and oxygen atoms in total. The number of nitrogens with zero attached hydrogens (tertiary/aromatic N) is 3. The molecule has 0 aliphatic carbocycles. The fourth-order valence-corrected chi connectivity index (χ4v) is 4.23. The quantitative estimate of drug-likeness (QED) is 0.601. The third-order valence-corrected chi connectivity index (χ3v) is 5.93. The van der Waals surface area contributed by atoms with Crippen LogP contribution < -0.4 is 4.90 Å². The lowest BCUT2D eigenvalue weighted by Crippen LogP contribution is -2.61. The van der Waals surface area contributed by atoms with Crippen molar-refractivity contribution in [1.29, 1.82) is 0 Å². The van der Waals surface area contributed by atoms with Crippen LogP contribution in [0.15, 0.2) is 24.3 Å². The van der Waals surface area contributed by atoms with Gasteiger partial charge < -0.3 is 14.6 Å². The largest absolute Gasteiger partial charge is 0.389 e. The highest BCUT2D eigenvalue weighted by molar-refractivity contribution is 6.06. The van der Waals surface area contributed by atoms with Crippen LogP contribution in [0.5, 0.6) is 0 Å². The Morgan fingerprint density at radius 2 is 2.04 bits per heavy atom. The van der Waals surface area contributed by atoms with Crippen molar-refractivity contribution in [2.24, 2.45) is 5.92 Å². The van der Waals surface area contributed by atoms with Gasteiger partial charge in [-0.2, -0.15) is 0 Å². The summed E-state index contributed by atoms with van der Waals surface area (Å²) in [6, 6.07) is 7.22. The molecular weight excluding hydrogens is 366 g/mol. The van der Waals surface area contributed by atoms with Crippen LogP contribution in [0.25, 0.3) is 0 Å². The average molecular weight is 391 g/mol. The van der Waals surface area contributed by atoms with E-state index in [0.29, 0.717) is 23.8 Å². The highest BCUT2D eigenvalue weighted by Gasteiger charge is 2.61. The van der Waals surface area contributed by atoms with Gasteiger partial charge >= 0.3 is 0 Å². The molecule has 9 heteroatoms. The van der Waals surface area contributed by atoms with Crippen LogP contribution in [0.4, 0.5) is 5.69 Å². The number of amides is 1. The van der Waals surface area contributed by atoms with Gasteiger partial charge in [0.1, 0.15) is 19.8 Å². The summed E-state index contributed by atoms with van der Waals surface area (Å²) in [4.78, 5) is 28.0. The molecule has 1 aromatic rings. The molecule has 1 atom stereocenters. The van der Waals surface area contributed by atoms with Gasteiger partial charge in [-0.15, -0.1) is 0 Å². The van der Waals surface area contributed by atoms with E-state index in [1.165, 1.54) is 6.42 Å². The second-order valence-corrected chi connectivity index (χ2v) is 8.05. The highest BCUT2D eigenvalue weighted by atomic mass is 16.7. The van der Waals surface area contributed by atoms with E-state index < -0.39 is 36.1 Å². The molecule has 4 rings (SSSR count). The molecule has 1 amide bonds. The molecule has 0 bridgehead atoms. The van der Waals surface area contributed by atoms with Gasteiger partial charge in [0.05, 0.1) is 12.4 Å². The van der Waals surface area contributed by atoms with Crippen LogP contribution in [0.2, 0.25) is 0 Å². The molecule has 1 unspecified atom stereocenters. The molecule has 0 radical (unpaired) electrons. The van der Waals surface area contributed by atoms with Crippen LogP contribution in [-0.4, -0.2) is 66.0 Å². The van der Waals surface area contributed by atoms with Crippen LogP contribution in [-0.2, 0) is 20.1 Å². The second-order valence-electron chi connectivity index (χ2n) is 8.05. The Bertz CT molecular complexity index is 777. The van der Waals surface area contributed by atoms with Gasteiger partial charge in [-0.05, 0) is 31.4 Å². The molecular formula is C19H25N3O6. The first-order valence-electron chi connectivity index (χ1n) is 9.59. The predicted molar refractivity (Wildman–Crippen MR) is 99.2 cm³/mol. The van der Waals surface area contributed by atoms with E-state index in [0.717, 1.165) is 19.5 Å². The third-order valence-electron chi connectivity index (χ3n) is 5.93. The lowest BCUT2D eigenvalue weighted by Gasteiger charge is -2.38. The van der Waals surface area contributed by atoms with Crippen molar-refractivity contribution in [2.75, 3.05) is 44.5 Å². The number of aliphatic hydroxyl groups is 1. The number of hydrogen-bond acceptors (Lipinski definition) is 7. The van der Waals surface area contributed by atoms with E-state index in [2.05, 4.69) is 11.8 Å². The second kappa shape index (κ2) is 7.07. The van der Waals surface area contributed by atoms with E-state index in [4.69, 9.17) is 9.47 Å². The topological polar surface area (TPSA) is 105 Å². The van der Waals surface area contributed by atoms with Crippen LogP contribution in [0, 0.1) is 16.0 Å². The van der Waals surface area contributed by atoms with E-state index in [1.807, 2.05) is 12.1 Å². The smallest absolute Gasteiger partial charge is 0.293 e. The number of carbonyl (C=O) groups is 1. The Kier molecular flexibility index (Phi) is 4.86. The maximum absolute atomic E-state index is 13.4. The molecule has 3 aliphatic heterocycles. The molecule has 152 valence electrons. The van der Waals surface area contributed by atoms with Crippen molar-refractivity contribution < 1.29 is 24.3 Å². The van der Waals surface area contributed by atoms with E-state index in [1.54, 1.807) is 17.0 Å².